The number of nitrogens with one attached hydrogen (secondary N) is 2. The standard InChI is InChI=1S/C19H21ClN4O2S.ClH/c20-11-4-6-12(7-5-11)22-19(26)23-18-15(17(21)25)13-8-10-24-9-2-1-3-14(24)16(13)27-18;/h4-7,14H,1-3,8-10H2,(H2,21,25)(H2,22,23,26);1H. The van der Waals surface area contributed by atoms with Gasteiger partial charge in [-0.15, -0.1) is 23.7 Å². The zero-order chi connectivity index (χ0) is 19.0. The van der Waals surface area contributed by atoms with E-state index < -0.39 is 11.9 Å². The van der Waals surface area contributed by atoms with Crippen molar-refractivity contribution in [2.45, 2.75) is 31.7 Å². The van der Waals surface area contributed by atoms with E-state index in [1.54, 1.807) is 24.3 Å². The van der Waals surface area contributed by atoms with Crippen molar-refractivity contribution in [2.75, 3.05) is 23.7 Å². The molecule has 0 saturated carbocycles. The van der Waals surface area contributed by atoms with Gasteiger partial charge >= 0.3 is 6.03 Å². The van der Waals surface area contributed by atoms with E-state index in [1.165, 1.54) is 29.1 Å². The number of urea groups is 1. The Morgan fingerprint density at radius 3 is 2.61 bits per heavy atom. The number of amides is 3. The Balaban J connectivity index is 0.00000225. The summed E-state index contributed by atoms with van der Waals surface area (Å²) in [4.78, 5) is 28.2. The molecule has 1 aromatic heterocycles. The van der Waals surface area contributed by atoms with Gasteiger partial charge in [0.1, 0.15) is 5.00 Å². The Morgan fingerprint density at radius 1 is 1.14 bits per heavy atom. The lowest BCUT2D eigenvalue weighted by atomic mass is 9.91. The smallest absolute Gasteiger partial charge is 0.324 e. The number of rotatable bonds is 3. The molecule has 2 aromatic rings. The fourth-order valence-corrected chi connectivity index (χ4v) is 5.50. The number of hydrogen-bond acceptors (Lipinski definition) is 4. The second kappa shape index (κ2) is 8.69. The molecule has 150 valence electrons. The lowest BCUT2D eigenvalue weighted by Gasteiger charge is -2.39. The molecule has 6 nitrogen and oxygen atoms in total. The van der Waals surface area contributed by atoms with Crippen molar-refractivity contribution in [1.29, 1.82) is 0 Å². The van der Waals surface area contributed by atoms with E-state index in [4.69, 9.17) is 17.3 Å². The van der Waals surface area contributed by atoms with Gasteiger partial charge in [-0.25, -0.2) is 4.79 Å². The molecular weight excluding hydrogens is 419 g/mol. The van der Waals surface area contributed by atoms with Gasteiger partial charge in [-0.3, -0.25) is 15.0 Å². The van der Waals surface area contributed by atoms with Crippen LogP contribution in [0, 0.1) is 0 Å². The molecule has 1 atom stereocenters. The second-order valence-electron chi connectivity index (χ2n) is 6.90. The summed E-state index contributed by atoms with van der Waals surface area (Å²) in [5.74, 6) is -0.487. The van der Waals surface area contributed by atoms with Crippen LogP contribution in [0.25, 0.3) is 0 Å². The van der Waals surface area contributed by atoms with Gasteiger partial charge in [0.15, 0.2) is 0 Å². The van der Waals surface area contributed by atoms with Gasteiger partial charge in [0.25, 0.3) is 5.91 Å². The number of thiophene rings is 1. The van der Waals surface area contributed by atoms with E-state index in [9.17, 15) is 9.59 Å². The number of halogens is 2. The minimum atomic E-state index is -0.487. The molecule has 2 aliphatic rings. The summed E-state index contributed by atoms with van der Waals surface area (Å²) in [7, 11) is 0. The van der Waals surface area contributed by atoms with Crippen LogP contribution in [-0.2, 0) is 6.42 Å². The summed E-state index contributed by atoms with van der Waals surface area (Å²) in [6.07, 6.45) is 4.28. The van der Waals surface area contributed by atoms with Gasteiger partial charge in [0.05, 0.1) is 5.56 Å². The first kappa shape index (κ1) is 20.9. The van der Waals surface area contributed by atoms with Crippen molar-refractivity contribution in [3.63, 3.8) is 0 Å². The highest BCUT2D eigenvalue weighted by Gasteiger charge is 2.35. The predicted molar refractivity (Wildman–Crippen MR) is 116 cm³/mol. The molecule has 9 heteroatoms. The van der Waals surface area contributed by atoms with Gasteiger partial charge < -0.3 is 11.1 Å². The molecule has 0 radical (unpaired) electrons. The number of primary amides is 1. The van der Waals surface area contributed by atoms with Crippen LogP contribution in [-0.4, -0.2) is 29.9 Å². The van der Waals surface area contributed by atoms with Gasteiger partial charge in [-0.2, -0.15) is 0 Å². The third kappa shape index (κ3) is 4.12. The topological polar surface area (TPSA) is 87.5 Å². The third-order valence-electron chi connectivity index (χ3n) is 5.18. The fourth-order valence-electron chi connectivity index (χ4n) is 3.96. The highest BCUT2D eigenvalue weighted by molar-refractivity contribution is 7.17. The number of nitrogens with zero attached hydrogens (tertiary/aromatic N) is 1. The van der Waals surface area contributed by atoms with E-state index in [2.05, 4.69) is 15.5 Å². The largest absolute Gasteiger partial charge is 0.365 e. The van der Waals surface area contributed by atoms with Crippen molar-refractivity contribution in [3.05, 3.63) is 45.3 Å². The first-order chi connectivity index (χ1) is 13.0. The van der Waals surface area contributed by atoms with Crippen molar-refractivity contribution >= 4 is 58.0 Å². The average Bonchev–Trinajstić information content (AvgIpc) is 3.02. The summed E-state index contributed by atoms with van der Waals surface area (Å²) in [6, 6.07) is 6.77. The van der Waals surface area contributed by atoms with Crippen molar-refractivity contribution < 1.29 is 9.59 Å². The maximum Gasteiger partial charge on any atom is 0.324 e. The molecule has 3 amide bonds. The van der Waals surface area contributed by atoms with Crippen molar-refractivity contribution in [2.24, 2.45) is 5.73 Å². The van der Waals surface area contributed by atoms with Crippen LogP contribution in [0.15, 0.2) is 24.3 Å². The van der Waals surface area contributed by atoms with E-state index >= 15 is 0 Å². The molecule has 1 aromatic carbocycles. The normalized spacial score (nSPS) is 18.4. The van der Waals surface area contributed by atoms with Gasteiger partial charge in [-0.1, -0.05) is 18.0 Å². The number of anilines is 2. The van der Waals surface area contributed by atoms with Crippen LogP contribution in [0.3, 0.4) is 0 Å². The van der Waals surface area contributed by atoms with Crippen LogP contribution in [0.2, 0.25) is 5.02 Å². The molecule has 1 unspecified atom stereocenters. The van der Waals surface area contributed by atoms with Crippen molar-refractivity contribution in [3.8, 4) is 0 Å². The van der Waals surface area contributed by atoms with Crippen LogP contribution >= 0.6 is 35.3 Å². The first-order valence-electron chi connectivity index (χ1n) is 9.06. The number of piperidine rings is 1. The van der Waals surface area contributed by atoms with E-state index in [0.717, 1.165) is 31.5 Å². The SMILES string of the molecule is Cl.NC(=O)c1c(NC(=O)Nc2ccc(Cl)cc2)sc2c1CCN1CCCCC21. The zero-order valence-corrected chi connectivity index (χ0v) is 17.6. The first-order valence-corrected chi connectivity index (χ1v) is 10.3. The minimum Gasteiger partial charge on any atom is -0.365 e. The lowest BCUT2D eigenvalue weighted by Crippen LogP contribution is -2.38. The van der Waals surface area contributed by atoms with E-state index in [0.29, 0.717) is 27.3 Å². The molecule has 3 heterocycles. The summed E-state index contributed by atoms with van der Waals surface area (Å²) in [6.45, 7) is 2.03. The number of nitrogens with two attached hydrogens (primary N) is 1. The number of hydrogen-bond donors (Lipinski definition) is 3. The van der Waals surface area contributed by atoms with Crippen LogP contribution in [0.1, 0.15) is 46.1 Å². The van der Waals surface area contributed by atoms with E-state index in [1.807, 2.05) is 0 Å². The maximum atomic E-state index is 12.4. The van der Waals surface area contributed by atoms with Crippen LogP contribution < -0.4 is 16.4 Å². The highest BCUT2D eigenvalue weighted by atomic mass is 35.5. The maximum absolute atomic E-state index is 12.4. The summed E-state index contributed by atoms with van der Waals surface area (Å²) >= 11 is 7.35. The Bertz CT molecular complexity index is 885. The second-order valence-corrected chi connectivity index (χ2v) is 8.39. The lowest BCUT2D eigenvalue weighted by molar-refractivity contribution is 0.0997. The Morgan fingerprint density at radius 2 is 1.89 bits per heavy atom. The molecule has 0 aliphatic carbocycles. The third-order valence-corrected chi connectivity index (χ3v) is 6.68. The minimum absolute atomic E-state index is 0. The average molecular weight is 441 g/mol. The van der Waals surface area contributed by atoms with Gasteiger partial charge in [-0.05, 0) is 55.6 Å². The number of benzene rings is 1. The number of carbonyl (C=O) groups excluding carboxylic acids is 2. The molecule has 1 saturated heterocycles. The molecular formula is C19H22Cl2N4O2S. The van der Waals surface area contributed by atoms with Crippen molar-refractivity contribution in [1.82, 2.24) is 4.90 Å². The van der Waals surface area contributed by atoms with Crippen LogP contribution in [0.4, 0.5) is 15.5 Å². The van der Waals surface area contributed by atoms with E-state index in [-0.39, 0.29) is 12.4 Å². The summed E-state index contributed by atoms with van der Waals surface area (Å²) in [5, 5.41) is 6.71. The summed E-state index contributed by atoms with van der Waals surface area (Å²) in [5.41, 5.74) is 7.76. The molecule has 0 bridgehead atoms. The molecule has 4 rings (SSSR count). The Hall–Kier alpha value is -1.80. The molecule has 2 aliphatic heterocycles. The number of fused-ring (bicyclic) bond motifs is 3. The fraction of sp³-hybridized carbons (Fsp3) is 0.368. The highest BCUT2D eigenvalue weighted by Crippen LogP contribution is 2.45. The number of carbonyl (C=O) groups is 2. The quantitative estimate of drug-likeness (QED) is 0.648. The molecule has 28 heavy (non-hydrogen) atoms. The Kier molecular flexibility index (Phi) is 6.50. The summed E-state index contributed by atoms with van der Waals surface area (Å²) < 4.78 is 0. The molecule has 1 fully saturated rings. The van der Waals surface area contributed by atoms with Gasteiger partial charge in [0.2, 0.25) is 0 Å². The van der Waals surface area contributed by atoms with Crippen LogP contribution in [0.5, 0.6) is 0 Å². The zero-order valence-electron chi connectivity index (χ0n) is 15.2. The van der Waals surface area contributed by atoms with Gasteiger partial charge in [0, 0.05) is 28.2 Å². The monoisotopic (exact) mass is 440 g/mol. The Labute approximate surface area is 178 Å². The molecule has 4 N–H and O–H groups in total. The molecule has 0 spiro atoms. The predicted octanol–water partition coefficient (Wildman–Crippen LogP) is 4.65.